The van der Waals surface area contributed by atoms with E-state index in [1.807, 2.05) is 0 Å². The highest BCUT2D eigenvalue weighted by Crippen LogP contribution is 2.43. The largest absolute Gasteiger partial charge is 0.480 e. The first kappa shape index (κ1) is 52.7. The number of ether oxygens (including phenoxy) is 2. The minimum atomic E-state index is -4.72. The van der Waals surface area contributed by atoms with Crippen molar-refractivity contribution >= 4 is 25.7 Å². The number of nitrogens with two attached hydrogens (primary N) is 1. The van der Waals surface area contributed by atoms with Gasteiger partial charge < -0.3 is 25.2 Å². The zero-order valence-electron chi connectivity index (χ0n) is 34.5. The molecule has 320 valence electrons. The molecule has 3 atom stereocenters. The summed E-state index contributed by atoms with van der Waals surface area (Å²) in [5.74, 6) is -2.40. The van der Waals surface area contributed by atoms with Gasteiger partial charge in [-0.1, -0.05) is 147 Å². The lowest BCUT2D eigenvalue weighted by Gasteiger charge is -2.20. The van der Waals surface area contributed by atoms with E-state index in [0.717, 1.165) is 77.0 Å². The second-order valence-electron chi connectivity index (χ2n) is 14.5. The lowest BCUT2D eigenvalue weighted by atomic mass is 10.1. The van der Waals surface area contributed by atoms with Gasteiger partial charge in [0.15, 0.2) is 6.10 Å². The molecule has 0 fully saturated rings. The Hall–Kier alpha value is -2.30. The van der Waals surface area contributed by atoms with Crippen molar-refractivity contribution in [1.29, 1.82) is 0 Å². The first-order valence-electron chi connectivity index (χ1n) is 21.5. The summed E-state index contributed by atoms with van der Waals surface area (Å²) < 4.78 is 32.6. The van der Waals surface area contributed by atoms with Gasteiger partial charge in [-0.15, -0.1) is 0 Å². The highest BCUT2D eigenvalue weighted by molar-refractivity contribution is 7.47. The molecule has 12 heteroatoms. The number of hydrogen-bond acceptors (Lipinski definition) is 9. The molecule has 0 saturated heterocycles. The maximum atomic E-state index is 12.6. The van der Waals surface area contributed by atoms with Crippen LogP contribution < -0.4 is 5.73 Å². The van der Waals surface area contributed by atoms with E-state index in [4.69, 9.17) is 24.8 Å². The fourth-order valence-electron chi connectivity index (χ4n) is 5.69. The maximum Gasteiger partial charge on any atom is 0.472 e. The zero-order chi connectivity index (χ0) is 40.7. The van der Waals surface area contributed by atoms with E-state index in [1.54, 1.807) is 0 Å². The molecule has 3 unspecified atom stereocenters. The van der Waals surface area contributed by atoms with Crippen molar-refractivity contribution in [3.63, 3.8) is 0 Å². The lowest BCUT2D eigenvalue weighted by molar-refractivity contribution is -0.161. The first-order chi connectivity index (χ1) is 26.6. The second-order valence-corrected chi connectivity index (χ2v) is 15.9. The maximum absolute atomic E-state index is 12.6. The highest BCUT2D eigenvalue weighted by atomic mass is 31.2. The minimum absolute atomic E-state index is 0.144. The van der Waals surface area contributed by atoms with Crippen molar-refractivity contribution in [3.05, 3.63) is 36.5 Å². The molecule has 0 heterocycles. The van der Waals surface area contributed by atoms with Gasteiger partial charge in [0, 0.05) is 12.8 Å². The molecule has 0 aliphatic carbocycles. The number of carboxylic acids is 1. The van der Waals surface area contributed by atoms with Gasteiger partial charge in [-0.05, 0) is 64.2 Å². The molecule has 0 saturated carbocycles. The Bertz CT molecular complexity index is 1080. The van der Waals surface area contributed by atoms with Gasteiger partial charge in [-0.25, -0.2) is 4.57 Å². The van der Waals surface area contributed by atoms with Crippen molar-refractivity contribution in [2.24, 2.45) is 5.73 Å². The Kier molecular flexibility index (Phi) is 37.0. The fraction of sp³-hybridized carbons (Fsp3) is 0.791. The molecule has 0 aliphatic heterocycles. The van der Waals surface area contributed by atoms with Crippen LogP contribution in [0.3, 0.4) is 0 Å². The van der Waals surface area contributed by atoms with Gasteiger partial charge in [-0.3, -0.25) is 23.4 Å². The normalized spacial score (nSPS) is 14.1. The monoisotopic (exact) mass is 800 g/mol. The van der Waals surface area contributed by atoms with Gasteiger partial charge in [-0.2, -0.15) is 0 Å². The van der Waals surface area contributed by atoms with E-state index in [9.17, 15) is 23.8 Å². The number of carbonyl (C=O) groups is 3. The van der Waals surface area contributed by atoms with Crippen LogP contribution in [-0.2, 0) is 37.5 Å². The number of unbranched alkanes of at least 4 members (excludes halogenated alkanes) is 20. The predicted molar refractivity (Wildman–Crippen MR) is 222 cm³/mol. The number of esters is 2. The van der Waals surface area contributed by atoms with Gasteiger partial charge in [0.05, 0.1) is 13.2 Å². The zero-order valence-corrected chi connectivity index (χ0v) is 35.4. The van der Waals surface area contributed by atoms with Crippen LogP contribution in [0.2, 0.25) is 0 Å². The van der Waals surface area contributed by atoms with E-state index in [2.05, 4.69) is 54.8 Å². The van der Waals surface area contributed by atoms with E-state index in [0.29, 0.717) is 12.8 Å². The molecule has 11 nitrogen and oxygen atoms in total. The number of aliphatic carboxylic acids is 1. The number of carboxylic acid groups (broad SMARTS) is 1. The highest BCUT2D eigenvalue weighted by Gasteiger charge is 2.28. The van der Waals surface area contributed by atoms with Crippen molar-refractivity contribution in [2.45, 2.75) is 199 Å². The molecule has 55 heavy (non-hydrogen) atoms. The Balaban J connectivity index is 4.36. The number of allylic oxidation sites excluding steroid dienone is 6. The molecule has 0 amide bonds. The van der Waals surface area contributed by atoms with Gasteiger partial charge in [0.2, 0.25) is 0 Å². The summed E-state index contributed by atoms with van der Waals surface area (Å²) in [5.41, 5.74) is 5.33. The van der Waals surface area contributed by atoms with Crippen LogP contribution in [-0.4, -0.2) is 59.9 Å². The molecule has 0 bridgehead atoms. The molecule has 0 aromatic rings. The van der Waals surface area contributed by atoms with Gasteiger partial charge >= 0.3 is 25.7 Å². The number of phosphoric ester groups is 1. The molecule has 0 aromatic carbocycles. The van der Waals surface area contributed by atoms with Crippen molar-refractivity contribution in [2.75, 3.05) is 19.8 Å². The third kappa shape index (κ3) is 38.4. The van der Waals surface area contributed by atoms with Crippen LogP contribution in [0, 0.1) is 0 Å². The molecule has 0 radical (unpaired) electrons. The van der Waals surface area contributed by atoms with Crippen LogP contribution in [0.4, 0.5) is 0 Å². The average molecular weight is 800 g/mol. The number of rotatable bonds is 40. The van der Waals surface area contributed by atoms with Gasteiger partial charge in [0.1, 0.15) is 12.6 Å². The number of phosphoric acid groups is 1. The van der Waals surface area contributed by atoms with Gasteiger partial charge in [0.25, 0.3) is 0 Å². The molecular weight excluding hydrogens is 721 g/mol. The van der Waals surface area contributed by atoms with E-state index in [1.165, 1.54) is 70.6 Å². The summed E-state index contributed by atoms with van der Waals surface area (Å²) in [6.45, 7) is 2.71. The fourth-order valence-corrected chi connectivity index (χ4v) is 6.46. The van der Waals surface area contributed by atoms with E-state index in [-0.39, 0.29) is 19.4 Å². The topological polar surface area (TPSA) is 172 Å². The van der Waals surface area contributed by atoms with Crippen molar-refractivity contribution in [3.8, 4) is 0 Å². The van der Waals surface area contributed by atoms with Crippen LogP contribution in [0.1, 0.15) is 187 Å². The van der Waals surface area contributed by atoms with Crippen LogP contribution in [0.15, 0.2) is 36.5 Å². The SMILES string of the molecule is CCC/C=C\C/C=C\CCCCCCCC(=O)OC(COC(=O)CCCCCCCCC/C=C\CCCCCCCCC)COP(=O)(O)OCC(N)C(=O)O. The molecule has 0 aliphatic rings. The summed E-state index contributed by atoms with van der Waals surface area (Å²) in [6, 6.07) is -1.52. The number of carbonyl (C=O) groups excluding carboxylic acids is 2. The van der Waals surface area contributed by atoms with Crippen LogP contribution >= 0.6 is 7.82 Å². The van der Waals surface area contributed by atoms with Crippen LogP contribution in [0.5, 0.6) is 0 Å². The lowest BCUT2D eigenvalue weighted by Crippen LogP contribution is -2.34. The standard InChI is InChI=1S/C43H78NO10P/c1-3-5-7-9-11-13-15-17-18-19-20-21-23-24-26-28-30-32-34-41(45)51-36-39(37-52-55(49,50)53-38-40(44)43(47)48)54-42(46)35-33-31-29-27-25-22-16-14-12-10-8-6-4-2/h8,10,14,16,18-19,39-40H,3-7,9,11-13,15,17,20-38,44H2,1-2H3,(H,47,48)(H,49,50)/b10-8-,16-14-,19-18-. The van der Waals surface area contributed by atoms with Crippen molar-refractivity contribution < 1.29 is 47.5 Å². The summed E-state index contributed by atoms with van der Waals surface area (Å²) in [4.78, 5) is 45.9. The molecule has 0 aromatic heterocycles. The molecule has 0 rings (SSSR count). The third-order valence-corrected chi connectivity index (χ3v) is 10.0. The first-order valence-corrected chi connectivity index (χ1v) is 23.0. The number of hydrogen-bond donors (Lipinski definition) is 3. The minimum Gasteiger partial charge on any atom is -0.480 e. The average Bonchev–Trinajstić information content (AvgIpc) is 3.16. The summed E-state index contributed by atoms with van der Waals surface area (Å²) >= 11 is 0. The summed E-state index contributed by atoms with van der Waals surface area (Å²) in [6.07, 6.45) is 40.7. The van der Waals surface area contributed by atoms with Crippen LogP contribution in [0.25, 0.3) is 0 Å². The van der Waals surface area contributed by atoms with E-state index >= 15 is 0 Å². The Morgan fingerprint density at radius 1 is 0.564 bits per heavy atom. The summed E-state index contributed by atoms with van der Waals surface area (Å²) in [7, 11) is -4.72. The van der Waals surface area contributed by atoms with Crippen molar-refractivity contribution in [1.82, 2.24) is 0 Å². The second kappa shape index (κ2) is 38.6. The smallest absolute Gasteiger partial charge is 0.472 e. The van der Waals surface area contributed by atoms with E-state index < -0.39 is 51.1 Å². The predicted octanol–water partition coefficient (Wildman–Crippen LogP) is 11.2. The molecule has 0 spiro atoms. The quantitative estimate of drug-likeness (QED) is 0.0233. The molecule has 4 N–H and O–H groups in total. The Morgan fingerprint density at radius 2 is 1.00 bits per heavy atom. The molecular formula is C43H78NO10P. The Labute approximate surface area is 333 Å². The summed E-state index contributed by atoms with van der Waals surface area (Å²) in [5, 5.41) is 8.88. The Morgan fingerprint density at radius 3 is 1.51 bits per heavy atom. The third-order valence-electron chi connectivity index (χ3n) is 9.09.